The first-order valence-electron chi connectivity index (χ1n) is 12.2. The monoisotopic (exact) mass is 436 g/mol. The lowest BCUT2D eigenvalue weighted by Crippen LogP contribution is -2.46. The summed E-state index contributed by atoms with van der Waals surface area (Å²) in [4.78, 5) is 10.2. The molecule has 0 aromatic carbocycles. The van der Waals surface area contributed by atoms with Gasteiger partial charge in [-0.1, -0.05) is 0 Å². The molecule has 0 saturated carbocycles. The number of piperidine rings is 1. The number of hydrogen-bond acceptors (Lipinski definition) is 7. The molecule has 0 amide bonds. The molecule has 8 nitrogen and oxygen atoms in total. The summed E-state index contributed by atoms with van der Waals surface area (Å²) in [6.07, 6.45) is 9.30. The maximum Gasteiger partial charge on any atom is 0.164 e. The highest BCUT2D eigenvalue weighted by atomic mass is 16.5. The molecule has 0 N–H and O–H groups in total. The van der Waals surface area contributed by atoms with Gasteiger partial charge in [-0.2, -0.15) is 10.4 Å². The van der Waals surface area contributed by atoms with Gasteiger partial charge < -0.3 is 19.3 Å². The lowest BCUT2D eigenvalue weighted by molar-refractivity contribution is -0.0370. The van der Waals surface area contributed by atoms with Crippen LogP contribution in [0.1, 0.15) is 58.1 Å². The van der Waals surface area contributed by atoms with Gasteiger partial charge in [0.25, 0.3) is 0 Å². The fraction of sp³-hybridized carbons (Fsp3) is 0.708. The Labute approximate surface area is 189 Å². The molecule has 6 heterocycles. The maximum absolute atomic E-state index is 9.44. The molecule has 5 atom stereocenters. The van der Waals surface area contributed by atoms with Gasteiger partial charge in [0.1, 0.15) is 5.82 Å². The lowest BCUT2D eigenvalue weighted by atomic mass is 9.92. The number of ether oxygens (including phenoxy) is 2. The summed E-state index contributed by atoms with van der Waals surface area (Å²) in [6.45, 7) is 5.47. The topological polar surface area (TPSA) is 79.4 Å². The first-order valence-corrected chi connectivity index (χ1v) is 12.2. The van der Waals surface area contributed by atoms with E-state index in [1.807, 2.05) is 10.9 Å². The van der Waals surface area contributed by atoms with Gasteiger partial charge in [0.2, 0.25) is 0 Å². The van der Waals surface area contributed by atoms with Crippen molar-refractivity contribution in [3.63, 3.8) is 0 Å². The van der Waals surface area contributed by atoms with Crippen LogP contribution in [0, 0.1) is 17.2 Å². The van der Waals surface area contributed by atoms with Crippen LogP contribution in [0.4, 0.5) is 11.5 Å². The van der Waals surface area contributed by atoms with E-state index >= 15 is 0 Å². The number of aromatic nitrogens is 3. The van der Waals surface area contributed by atoms with Gasteiger partial charge in [0, 0.05) is 31.2 Å². The summed E-state index contributed by atoms with van der Waals surface area (Å²) in [6, 6.07) is 5.86. The maximum atomic E-state index is 9.44. The molecule has 0 aliphatic carbocycles. The summed E-state index contributed by atoms with van der Waals surface area (Å²) < 4.78 is 13.9. The Morgan fingerprint density at radius 3 is 2.69 bits per heavy atom. The Bertz CT molecular complexity index is 1010. The van der Waals surface area contributed by atoms with E-state index in [2.05, 4.69) is 28.9 Å². The van der Waals surface area contributed by atoms with E-state index < -0.39 is 0 Å². The molecule has 170 valence electrons. The van der Waals surface area contributed by atoms with Gasteiger partial charge in [0.05, 0.1) is 48.6 Å². The minimum absolute atomic E-state index is 0.0417. The summed E-state index contributed by atoms with van der Waals surface area (Å²) in [5, 5.41) is 15.3. The zero-order chi connectivity index (χ0) is 21.7. The molecule has 0 spiro atoms. The second kappa shape index (κ2) is 8.20. The van der Waals surface area contributed by atoms with E-state index in [1.165, 1.54) is 5.69 Å². The summed E-state index contributed by atoms with van der Waals surface area (Å²) in [5.74, 6) is 1.18. The fourth-order valence-corrected chi connectivity index (χ4v) is 6.14. The smallest absolute Gasteiger partial charge is 0.164 e. The number of anilines is 2. The van der Waals surface area contributed by atoms with E-state index in [-0.39, 0.29) is 12.1 Å². The third-order valence-corrected chi connectivity index (χ3v) is 7.83. The van der Waals surface area contributed by atoms with Gasteiger partial charge in [0.15, 0.2) is 11.9 Å². The van der Waals surface area contributed by atoms with Crippen molar-refractivity contribution in [2.24, 2.45) is 5.92 Å². The molecule has 6 rings (SSSR count). The predicted octanol–water partition coefficient (Wildman–Crippen LogP) is 3.63. The normalized spacial score (nSPS) is 32.9. The van der Waals surface area contributed by atoms with Gasteiger partial charge in [-0.15, -0.1) is 0 Å². The summed E-state index contributed by atoms with van der Waals surface area (Å²) in [7, 11) is 0. The molecule has 4 unspecified atom stereocenters. The molecule has 2 aromatic heterocycles. The van der Waals surface area contributed by atoms with Crippen molar-refractivity contribution in [2.45, 2.75) is 76.2 Å². The molecular formula is C24H32N6O2. The van der Waals surface area contributed by atoms with Crippen LogP contribution >= 0.6 is 0 Å². The minimum Gasteiger partial charge on any atom is -0.377 e. The highest BCUT2D eigenvalue weighted by Crippen LogP contribution is 2.40. The lowest BCUT2D eigenvalue weighted by Gasteiger charge is -2.39. The zero-order valence-corrected chi connectivity index (χ0v) is 18.8. The van der Waals surface area contributed by atoms with E-state index in [9.17, 15) is 5.26 Å². The van der Waals surface area contributed by atoms with Gasteiger partial charge in [-0.05, 0) is 51.9 Å². The van der Waals surface area contributed by atoms with E-state index in [4.69, 9.17) is 19.6 Å². The molecule has 4 aliphatic heterocycles. The molecule has 8 heteroatoms. The SMILES string of the molecule is C[C@@H]1CC(C#N)CCN1c1cc(N2C3CCC2COC3)nc2c1cnn2C1CCCCO1. The summed E-state index contributed by atoms with van der Waals surface area (Å²) >= 11 is 0. The molecule has 32 heavy (non-hydrogen) atoms. The van der Waals surface area contributed by atoms with Crippen LogP contribution in [-0.4, -0.2) is 59.3 Å². The van der Waals surface area contributed by atoms with Crippen molar-refractivity contribution in [1.82, 2.24) is 14.8 Å². The van der Waals surface area contributed by atoms with Gasteiger partial charge in [-0.3, -0.25) is 0 Å². The summed E-state index contributed by atoms with van der Waals surface area (Å²) in [5.41, 5.74) is 2.12. The van der Waals surface area contributed by atoms with Crippen LogP contribution in [0.25, 0.3) is 11.0 Å². The highest BCUT2D eigenvalue weighted by molar-refractivity contribution is 5.92. The minimum atomic E-state index is -0.0417. The van der Waals surface area contributed by atoms with Crippen LogP contribution in [0.2, 0.25) is 0 Å². The molecule has 4 saturated heterocycles. The number of nitriles is 1. The number of pyridine rings is 1. The molecular weight excluding hydrogens is 404 g/mol. The van der Waals surface area contributed by atoms with Crippen LogP contribution < -0.4 is 9.80 Å². The number of nitrogens with zero attached hydrogens (tertiary/aromatic N) is 6. The Balaban J connectivity index is 1.45. The molecule has 2 bridgehead atoms. The first-order chi connectivity index (χ1) is 15.7. The third-order valence-electron chi connectivity index (χ3n) is 7.83. The molecule has 2 aromatic rings. The highest BCUT2D eigenvalue weighted by Gasteiger charge is 2.39. The van der Waals surface area contributed by atoms with E-state index in [0.29, 0.717) is 18.1 Å². The van der Waals surface area contributed by atoms with Crippen molar-refractivity contribution >= 4 is 22.5 Å². The van der Waals surface area contributed by atoms with E-state index in [1.54, 1.807) is 0 Å². The molecule has 4 aliphatic rings. The number of rotatable bonds is 3. The second-order valence-corrected chi connectivity index (χ2v) is 9.87. The molecule has 4 fully saturated rings. The van der Waals surface area contributed by atoms with Crippen LogP contribution in [0.15, 0.2) is 12.3 Å². The Morgan fingerprint density at radius 1 is 1.12 bits per heavy atom. The number of fused-ring (bicyclic) bond motifs is 3. The quantitative estimate of drug-likeness (QED) is 0.727. The predicted molar refractivity (Wildman–Crippen MR) is 122 cm³/mol. The van der Waals surface area contributed by atoms with Crippen molar-refractivity contribution in [3.8, 4) is 6.07 Å². The fourth-order valence-electron chi connectivity index (χ4n) is 6.14. The Kier molecular flexibility index (Phi) is 5.19. The third kappa shape index (κ3) is 3.34. The number of hydrogen-bond donors (Lipinski definition) is 0. The van der Waals surface area contributed by atoms with Crippen molar-refractivity contribution < 1.29 is 9.47 Å². The molecule has 0 radical (unpaired) electrons. The van der Waals surface area contributed by atoms with Gasteiger partial charge in [-0.25, -0.2) is 9.67 Å². The van der Waals surface area contributed by atoms with Crippen LogP contribution in [0.5, 0.6) is 0 Å². The number of morpholine rings is 1. The van der Waals surface area contributed by atoms with Crippen molar-refractivity contribution in [3.05, 3.63) is 12.3 Å². The van der Waals surface area contributed by atoms with Crippen molar-refractivity contribution in [2.75, 3.05) is 36.2 Å². The van der Waals surface area contributed by atoms with Crippen LogP contribution in [0.3, 0.4) is 0 Å². The zero-order valence-electron chi connectivity index (χ0n) is 18.8. The standard InChI is InChI=1S/C24H32N6O2/c1-16-10-17(12-25)7-8-28(16)21-11-22(29-18-5-6-19(29)15-31-14-18)27-24-20(21)13-26-30(24)23-4-2-3-9-32-23/h11,13,16-19,23H,2-10,14-15H2,1H3/t16-,17?,18?,19?,23?/m1/s1. The van der Waals surface area contributed by atoms with Crippen LogP contribution in [-0.2, 0) is 9.47 Å². The Hall–Kier alpha value is -2.37. The van der Waals surface area contributed by atoms with Gasteiger partial charge >= 0.3 is 0 Å². The average Bonchev–Trinajstić information content (AvgIpc) is 3.36. The first kappa shape index (κ1) is 20.3. The second-order valence-electron chi connectivity index (χ2n) is 9.87. The largest absolute Gasteiger partial charge is 0.377 e. The average molecular weight is 437 g/mol. The Morgan fingerprint density at radius 2 is 1.97 bits per heavy atom. The van der Waals surface area contributed by atoms with E-state index in [0.717, 1.165) is 88.2 Å². The van der Waals surface area contributed by atoms with Crippen molar-refractivity contribution in [1.29, 1.82) is 5.26 Å².